The van der Waals surface area contributed by atoms with Gasteiger partial charge in [0, 0.05) is 17.2 Å². The molecule has 9 heteroatoms. The number of aromatic nitrogens is 2. The third kappa shape index (κ3) is 4.50. The van der Waals surface area contributed by atoms with E-state index in [1.165, 1.54) is 24.0 Å². The Labute approximate surface area is 161 Å². The van der Waals surface area contributed by atoms with Gasteiger partial charge in [-0.15, -0.1) is 0 Å². The molecule has 0 saturated carbocycles. The quantitative estimate of drug-likeness (QED) is 0.602. The van der Waals surface area contributed by atoms with Crippen LogP contribution in [0.15, 0.2) is 69.8 Å². The first-order valence-electron chi connectivity index (χ1n) is 8.03. The van der Waals surface area contributed by atoms with E-state index in [1.807, 2.05) is 18.2 Å². The van der Waals surface area contributed by atoms with Crippen molar-refractivity contribution in [1.29, 1.82) is 0 Å². The first-order valence-corrected chi connectivity index (χ1v) is 10.5. The molecule has 0 aliphatic heterocycles. The van der Waals surface area contributed by atoms with Gasteiger partial charge in [-0.2, -0.15) is 0 Å². The number of nitrogen functional groups attached to an aromatic ring is 2. The molecule has 0 aliphatic carbocycles. The lowest BCUT2D eigenvalue weighted by Crippen LogP contribution is -2.05. The Bertz CT molecular complexity index is 1040. The lowest BCUT2D eigenvalue weighted by Gasteiger charge is -2.12. The monoisotopic (exact) mass is 402 g/mol. The number of nitrogens with zero attached hydrogens (tertiary/aromatic N) is 2. The second kappa shape index (κ2) is 7.85. The van der Waals surface area contributed by atoms with E-state index in [0.717, 1.165) is 5.03 Å². The van der Waals surface area contributed by atoms with E-state index in [2.05, 4.69) is 9.97 Å². The molecule has 0 unspecified atom stereocenters. The highest BCUT2D eigenvalue weighted by atomic mass is 32.2. The summed E-state index contributed by atoms with van der Waals surface area (Å²) in [5, 5.41) is 0.789. The molecule has 0 saturated heterocycles. The molecule has 2 aromatic heterocycles. The Morgan fingerprint density at radius 1 is 1.07 bits per heavy atom. The van der Waals surface area contributed by atoms with Gasteiger partial charge in [-0.3, -0.25) is 0 Å². The van der Waals surface area contributed by atoms with Crippen LogP contribution in [0, 0.1) is 0 Å². The molecule has 0 bridgehead atoms. The van der Waals surface area contributed by atoms with E-state index in [4.69, 9.17) is 16.2 Å². The summed E-state index contributed by atoms with van der Waals surface area (Å²) in [6, 6.07) is 11.9. The van der Waals surface area contributed by atoms with Gasteiger partial charge in [0.1, 0.15) is 16.5 Å². The number of sulfone groups is 1. The Morgan fingerprint density at radius 3 is 2.52 bits per heavy atom. The van der Waals surface area contributed by atoms with E-state index < -0.39 is 9.84 Å². The van der Waals surface area contributed by atoms with Gasteiger partial charge in [0.2, 0.25) is 0 Å². The fraction of sp³-hybridized carbons (Fsp3) is 0.111. The number of pyridine rings is 2. The molecule has 7 nitrogen and oxygen atoms in total. The Morgan fingerprint density at radius 2 is 1.89 bits per heavy atom. The minimum atomic E-state index is -3.35. The number of anilines is 2. The number of hydrogen-bond acceptors (Lipinski definition) is 8. The molecule has 0 amide bonds. The van der Waals surface area contributed by atoms with Crippen LogP contribution in [0.1, 0.15) is 6.92 Å². The zero-order chi connectivity index (χ0) is 19.4. The van der Waals surface area contributed by atoms with Crippen molar-refractivity contribution in [2.75, 3.05) is 17.2 Å². The molecule has 2 heterocycles. The third-order valence-electron chi connectivity index (χ3n) is 3.64. The molecule has 140 valence electrons. The predicted molar refractivity (Wildman–Crippen MR) is 106 cm³/mol. The second-order valence-electron chi connectivity index (χ2n) is 5.53. The molecule has 0 spiro atoms. The summed E-state index contributed by atoms with van der Waals surface area (Å²) < 4.78 is 29.4. The van der Waals surface area contributed by atoms with Crippen LogP contribution in [0.4, 0.5) is 11.4 Å². The summed E-state index contributed by atoms with van der Waals surface area (Å²) >= 11 is 1.37. The van der Waals surface area contributed by atoms with Crippen LogP contribution in [0.2, 0.25) is 0 Å². The van der Waals surface area contributed by atoms with Gasteiger partial charge in [-0.25, -0.2) is 18.4 Å². The number of ether oxygens (including phenoxy) is 1. The molecule has 3 rings (SSSR count). The van der Waals surface area contributed by atoms with Crippen molar-refractivity contribution in [1.82, 2.24) is 9.97 Å². The highest BCUT2D eigenvalue weighted by Crippen LogP contribution is 2.38. The highest BCUT2D eigenvalue weighted by Gasteiger charge is 2.14. The lowest BCUT2D eigenvalue weighted by atomic mass is 10.2. The Balaban J connectivity index is 1.85. The first kappa shape index (κ1) is 19.0. The summed E-state index contributed by atoms with van der Waals surface area (Å²) in [7, 11) is -3.35. The maximum Gasteiger partial charge on any atom is 0.195 e. The van der Waals surface area contributed by atoms with Gasteiger partial charge < -0.3 is 16.2 Å². The molecule has 4 N–H and O–H groups in total. The largest absolute Gasteiger partial charge is 0.456 e. The van der Waals surface area contributed by atoms with Gasteiger partial charge in [-0.05, 0) is 30.3 Å². The molecule has 0 atom stereocenters. The van der Waals surface area contributed by atoms with Crippen molar-refractivity contribution < 1.29 is 13.2 Å². The van der Waals surface area contributed by atoms with Gasteiger partial charge in [0.15, 0.2) is 14.9 Å². The maximum absolute atomic E-state index is 11.8. The fourth-order valence-electron chi connectivity index (χ4n) is 2.18. The normalized spacial score (nSPS) is 11.3. The molecule has 3 aromatic rings. The molecular weight excluding hydrogens is 384 g/mol. The van der Waals surface area contributed by atoms with E-state index in [1.54, 1.807) is 31.3 Å². The van der Waals surface area contributed by atoms with Crippen LogP contribution in [-0.4, -0.2) is 24.1 Å². The summed E-state index contributed by atoms with van der Waals surface area (Å²) in [6.07, 6.45) is 3.06. The number of nitrogens with two attached hydrogens (primary N) is 2. The van der Waals surface area contributed by atoms with Crippen LogP contribution >= 0.6 is 11.8 Å². The van der Waals surface area contributed by atoms with E-state index >= 15 is 0 Å². The van der Waals surface area contributed by atoms with Crippen LogP contribution in [0.25, 0.3) is 0 Å². The van der Waals surface area contributed by atoms with Crippen LogP contribution in [-0.2, 0) is 9.84 Å². The van der Waals surface area contributed by atoms with Crippen molar-refractivity contribution in [2.45, 2.75) is 21.9 Å². The van der Waals surface area contributed by atoms with E-state index in [0.29, 0.717) is 27.8 Å². The molecule has 1 aromatic carbocycles. The molecule has 0 aliphatic rings. The highest BCUT2D eigenvalue weighted by molar-refractivity contribution is 7.99. The predicted octanol–water partition coefficient (Wildman–Crippen LogP) is 3.38. The third-order valence-corrected chi connectivity index (χ3v) is 6.29. The second-order valence-corrected chi connectivity index (χ2v) is 8.82. The topological polar surface area (TPSA) is 121 Å². The minimum Gasteiger partial charge on any atom is -0.456 e. The summed E-state index contributed by atoms with van der Waals surface area (Å²) in [6.45, 7) is 1.57. The lowest BCUT2D eigenvalue weighted by molar-refractivity contribution is 0.478. The molecule has 0 fully saturated rings. The van der Waals surface area contributed by atoms with Crippen LogP contribution in [0.5, 0.6) is 11.5 Å². The van der Waals surface area contributed by atoms with Gasteiger partial charge in [0.25, 0.3) is 0 Å². The zero-order valence-electron chi connectivity index (χ0n) is 14.5. The SMILES string of the molecule is CCS(=O)(=O)c1ccc(Oc2cc(N)c(N)c(Sc3ccccn3)c2)cn1. The van der Waals surface area contributed by atoms with Crippen molar-refractivity contribution in [3.05, 3.63) is 54.9 Å². The van der Waals surface area contributed by atoms with Crippen molar-refractivity contribution >= 4 is 33.0 Å². The number of hydrogen-bond donors (Lipinski definition) is 2. The standard InChI is InChI=1S/C18H18N4O3S2/c1-2-27(23,24)17-7-6-12(11-22-17)25-13-9-14(19)18(20)15(10-13)26-16-5-3-4-8-21-16/h3-11H,2,19-20H2,1H3. The van der Waals surface area contributed by atoms with Gasteiger partial charge in [0.05, 0.1) is 23.3 Å². The smallest absolute Gasteiger partial charge is 0.195 e. The Hall–Kier alpha value is -2.78. The average Bonchev–Trinajstić information content (AvgIpc) is 2.67. The van der Waals surface area contributed by atoms with E-state index in [9.17, 15) is 8.42 Å². The van der Waals surface area contributed by atoms with E-state index in [-0.39, 0.29) is 10.8 Å². The summed E-state index contributed by atoms with van der Waals surface area (Å²) in [5.41, 5.74) is 12.9. The molecule has 27 heavy (non-hydrogen) atoms. The first-order chi connectivity index (χ1) is 12.9. The van der Waals surface area contributed by atoms with Crippen LogP contribution in [0.3, 0.4) is 0 Å². The summed E-state index contributed by atoms with van der Waals surface area (Å²) in [4.78, 5) is 8.93. The molecule has 0 radical (unpaired) electrons. The van der Waals surface area contributed by atoms with Gasteiger partial charge >= 0.3 is 0 Å². The van der Waals surface area contributed by atoms with Crippen molar-refractivity contribution in [3.8, 4) is 11.5 Å². The zero-order valence-corrected chi connectivity index (χ0v) is 16.1. The van der Waals surface area contributed by atoms with Crippen LogP contribution < -0.4 is 16.2 Å². The van der Waals surface area contributed by atoms with Crippen molar-refractivity contribution in [3.63, 3.8) is 0 Å². The summed E-state index contributed by atoms with van der Waals surface area (Å²) in [5.74, 6) is 0.846. The van der Waals surface area contributed by atoms with Crippen molar-refractivity contribution in [2.24, 2.45) is 0 Å². The van der Waals surface area contributed by atoms with Gasteiger partial charge in [-0.1, -0.05) is 24.8 Å². The Kier molecular flexibility index (Phi) is 5.52. The number of benzene rings is 1. The number of rotatable bonds is 6. The molecular formula is C18H18N4O3S2. The fourth-order valence-corrected chi connectivity index (χ4v) is 3.85. The average molecular weight is 403 g/mol. The minimum absolute atomic E-state index is 0.0111. The maximum atomic E-state index is 11.8.